The zero-order chi connectivity index (χ0) is 14.5. The molecule has 2 heterocycles. The van der Waals surface area contributed by atoms with Crippen molar-refractivity contribution in [1.29, 1.82) is 0 Å². The fourth-order valence-corrected chi connectivity index (χ4v) is 4.12. The maximum absolute atomic E-state index is 5.63. The Labute approximate surface area is 129 Å². The summed E-state index contributed by atoms with van der Waals surface area (Å²) >= 11 is 0. The van der Waals surface area contributed by atoms with Crippen LogP contribution in [0.4, 0.5) is 0 Å². The Morgan fingerprint density at radius 1 is 1.05 bits per heavy atom. The molecule has 0 aromatic carbocycles. The largest absolute Gasteiger partial charge is 0.463 e. The number of hydrogen-bond acceptors (Lipinski definition) is 2. The zero-order valence-electron chi connectivity index (χ0n) is 12.3. The number of hydrogen-bond donors (Lipinski definition) is 0. The molecule has 0 fully saturated rings. The maximum atomic E-state index is 5.63. The van der Waals surface area contributed by atoms with Crippen molar-refractivity contribution >= 4 is 6.08 Å². The summed E-state index contributed by atoms with van der Waals surface area (Å²) in [6.45, 7) is 0. The maximum Gasteiger partial charge on any atom is 0.152 e. The molecule has 22 heavy (non-hydrogen) atoms. The van der Waals surface area contributed by atoms with Gasteiger partial charge in [-0.1, -0.05) is 30.4 Å². The summed E-state index contributed by atoms with van der Waals surface area (Å²) in [6, 6.07) is 3.96. The van der Waals surface area contributed by atoms with Crippen molar-refractivity contribution in [2.24, 2.45) is 5.92 Å². The van der Waals surface area contributed by atoms with E-state index in [1.807, 2.05) is 12.1 Å². The Morgan fingerprint density at radius 2 is 1.95 bits per heavy atom. The first-order valence-electron chi connectivity index (χ1n) is 8.04. The van der Waals surface area contributed by atoms with Crippen molar-refractivity contribution in [2.45, 2.75) is 25.2 Å². The number of rotatable bonds is 1. The van der Waals surface area contributed by atoms with Gasteiger partial charge in [-0.15, -0.1) is 0 Å². The fraction of sp³-hybridized carbons (Fsp3) is 0.250. The van der Waals surface area contributed by atoms with E-state index >= 15 is 0 Å². The molecule has 0 bridgehead atoms. The summed E-state index contributed by atoms with van der Waals surface area (Å²) in [6.07, 6.45) is 18.7. The van der Waals surface area contributed by atoms with Crippen LogP contribution in [0.5, 0.6) is 0 Å². The van der Waals surface area contributed by atoms with Crippen LogP contribution in [0.1, 0.15) is 34.7 Å². The van der Waals surface area contributed by atoms with Gasteiger partial charge in [0, 0.05) is 11.8 Å². The third-order valence-electron chi connectivity index (χ3n) is 5.08. The van der Waals surface area contributed by atoms with Crippen LogP contribution in [0.25, 0.3) is 17.5 Å². The van der Waals surface area contributed by atoms with E-state index in [9.17, 15) is 0 Å². The minimum absolute atomic E-state index is 0.454. The Bertz CT molecular complexity index is 824. The summed E-state index contributed by atoms with van der Waals surface area (Å²) in [5.74, 6) is 1.84. The van der Waals surface area contributed by atoms with E-state index in [4.69, 9.17) is 9.40 Å². The molecule has 3 aliphatic rings. The molecule has 0 spiro atoms. The highest BCUT2D eigenvalue weighted by atomic mass is 16.3. The first-order valence-corrected chi connectivity index (χ1v) is 8.04. The first-order chi connectivity index (χ1) is 10.9. The van der Waals surface area contributed by atoms with Crippen LogP contribution < -0.4 is 0 Å². The average molecular weight is 287 g/mol. The summed E-state index contributed by atoms with van der Waals surface area (Å²) in [5, 5.41) is 0. The number of fused-ring (bicyclic) bond motifs is 5. The molecule has 108 valence electrons. The number of aromatic nitrogens is 1. The lowest BCUT2D eigenvalue weighted by molar-refractivity contribution is 0.578. The molecule has 0 amide bonds. The monoisotopic (exact) mass is 287 g/mol. The topological polar surface area (TPSA) is 26.0 Å². The van der Waals surface area contributed by atoms with Gasteiger partial charge in [-0.3, -0.25) is 0 Å². The van der Waals surface area contributed by atoms with E-state index in [-0.39, 0.29) is 0 Å². The predicted molar refractivity (Wildman–Crippen MR) is 87.5 cm³/mol. The van der Waals surface area contributed by atoms with Crippen molar-refractivity contribution in [1.82, 2.24) is 4.98 Å². The van der Waals surface area contributed by atoms with E-state index in [2.05, 4.69) is 36.5 Å². The molecule has 0 unspecified atom stereocenters. The van der Waals surface area contributed by atoms with Crippen LogP contribution in [-0.2, 0) is 12.8 Å². The minimum atomic E-state index is 0.454. The van der Waals surface area contributed by atoms with Gasteiger partial charge in [0.2, 0.25) is 0 Å². The normalized spacial score (nSPS) is 24.2. The number of allylic oxidation sites excluding steroid dienone is 5. The molecular weight excluding hydrogens is 270 g/mol. The lowest BCUT2D eigenvalue weighted by Gasteiger charge is -2.29. The molecule has 0 radical (unpaired) electrons. The lowest BCUT2D eigenvalue weighted by Crippen LogP contribution is -2.17. The SMILES string of the molecule is C1=C[C@H]2C=Cc3nc(-c4ccco4)c4c(c3[C@H]2C=C1)CCC4. The Kier molecular flexibility index (Phi) is 2.54. The molecule has 2 heteroatoms. The standard InChI is InChI=1S/C20H17NO/c1-2-6-14-13(5-1)10-11-17-19(14)15-7-3-8-16(15)20(21-17)18-9-4-12-22-18/h1-2,4-6,9-14H,3,7-8H2/t13-,14-/m0/s1. The van der Waals surface area contributed by atoms with Crippen LogP contribution >= 0.6 is 0 Å². The fourth-order valence-electron chi connectivity index (χ4n) is 4.12. The number of furan rings is 1. The summed E-state index contributed by atoms with van der Waals surface area (Å²) in [5.41, 5.74) is 6.57. The van der Waals surface area contributed by atoms with Gasteiger partial charge in [0.05, 0.1) is 12.0 Å². The van der Waals surface area contributed by atoms with Crippen molar-refractivity contribution in [3.8, 4) is 11.5 Å². The molecule has 2 aromatic rings. The van der Waals surface area contributed by atoms with E-state index < -0.39 is 0 Å². The van der Waals surface area contributed by atoms with Crippen LogP contribution in [-0.4, -0.2) is 4.98 Å². The van der Waals surface area contributed by atoms with Crippen LogP contribution in [0, 0.1) is 5.92 Å². The lowest BCUT2D eigenvalue weighted by atomic mass is 9.76. The predicted octanol–water partition coefficient (Wildman–Crippen LogP) is 4.68. The van der Waals surface area contributed by atoms with Gasteiger partial charge in [-0.2, -0.15) is 0 Å². The highest BCUT2D eigenvalue weighted by Crippen LogP contribution is 2.44. The van der Waals surface area contributed by atoms with E-state index in [1.165, 1.54) is 29.5 Å². The molecule has 0 saturated carbocycles. The van der Waals surface area contributed by atoms with Crippen molar-refractivity contribution < 1.29 is 4.42 Å². The Balaban J connectivity index is 1.77. The van der Waals surface area contributed by atoms with Crippen molar-refractivity contribution in [2.75, 3.05) is 0 Å². The van der Waals surface area contributed by atoms with Gasteiger partial charge >= 0.3 is 0 Å². The summed E-state index contributed by atoms with van der Waals surface area (Å²) < 4.78 is 5.63. The quantitative estimate of drug-likeness (QED) is 0.761. The van der Waals surface area contributed by atoms with E-state index in [1.54, 1.807) is 6.26 Å². The molecule has 3 aliphatic carbocycles. The number of nitrogens with zero attached hydrogens (tertiary/aromatic N) is 1. The zero-order valence-corrected chi connectivity index (χ0v) is 12.3. The second kappa shape index (κ2) is 4.57. The third-order valence-corrected chi connectivity index (χ3v) is 5.08. The Morgan fingerprint density at radius 3 is 2.86 bits per heavy atom. The molecule has 5 rings (SSSR count). The van der Waals surface area contributed by atoms with Gasteiger partial charge in [0.25, 0.3) is 0 Å². The smallest absolute Gasteiger partial charge is 0.152 e. The highest BCUT2D eigenvalue weighted by molar-refractivity contribution is 5.69. The van der Waals surface area contributed by atoms with Crippen molar-refractivity contribution in [3.05, 3.63) is 71.2 Å². The molecule has 2 nitrogen and oxygen atoms in total. The van der Waals surface area contributed by atoms with E-state index in [0.29, 0.717) is 11.8 Å². The summed E-state index contributed by atoms with van der Waals surface area (Å²) in [7, 11) is 0. The summed E-state index contributed by atoms with van der Waals surface area (Å²) in [4.78, 5) is 4.98. The molecule has 0 aliphatic heterocycles. The highest BCUT2D eigenvalue weighted by Gasteiger charge is 2.32. The molecular formula is C20H17NO. The molecule has 2 atom stereocenters. The second-order valence-corrected chi connectivity index (χ2v) is 6.28. The third kappa shape index (κ3) is 1.64. The number of pyridine rings is 1. The van der Waals surface area contributed by atoms with Gasteiger partial charge in [0.15, 0.2) is 5.76 Å². The van der Waals surface area contributed by atoms with Gasteiger partial charge in [-0.05, 0) is 54.2 Å². The van der Waals surface area contributed by atoms with E-state index in [0.717, 1.165) is 23.6 Å². The van der Waals surface area contributed by atoms with Gasteiger partial charge < -0.3 is 4.42 Å². The molecule has 2 aromatic heterocycles. The van der Waals surface area contributed by atoms with Crippen LogP contribution in [0.2, 0.25) is 0 Å². The first kappa shape index (κ1) is 12.2. The van der Waals surface area contributed by atoms with Crippen molar-refractivity contribution in [3.63, 3.8) is 0 Å². The Hall–Kier alpha value is -2.35. The van der Waals surface area contributed by atoms with Gasteiger partial charge in [-0.25, -0.2) is 4.98 Å². The van der Waals surface area contributed by atoms with Crippen LogP contribution in [0.3, 0.4) is 0 Å². The average Bonchev–Trinajstić information content (AvgIpc) is 3.25. The minimum Gasteiger partial charge on any atom is -0.463 e. The van der Waals surface area contributed by atoms with Crippen LogP contribution in [0.15, 0.2) is 53.2 Å². The molecule has 0 N–H and O–H groups in total. The van der Waals surface area contributed by atoms with Gasteiger partial charge in [0.1, 0.15) is 5.69 Å². The second-order valence-electron chi connectivity index (χ2n) is 6.28. The molecule has 0 saturated heterocycles.